The average Bonchev–Trinajstić information content (AvgIpc) is 2.00. The zero-order valence-corrected chi connectivity index (χ0v) is 7.27. The van der Waals surface area contributed by atoms with E-state index >= 15 is 0 Å². The third kappa shape index (κ3) is 8.55. The maximum absolute atomic E-state index is 10.7. The Kier molecular flexibility index (Phi) is 5.54. The van der Waals surface area contributed by atoms with Crippen LogP contribution in [-0.2, 0) is 14.3 Å². The number of rotatable bonds is 5. The fraction of sp³-hybridized carbons (Fsp3) is 0.500. The molecule has 0 aliphatic carbocycles. The van der Waals surface area contributed by atoms with Crippen molar-refractivity contribution < 1.29 is 24.5 Å². The van der Waals surface area contributed by atoms with E-state index in [9.17, 15) is 9.59 Å². The molecule has 0 saturated carbocycles. The molecule has 0 aromatic rings. The second-order valence-corrected chi connectivity index (χ2v) is 2.48. The van der Waals surface area contributed by atoms with Crippen molar-refractivity contribution in [2.75, 3.05) is 6.61 Å². The van der Waals surface area contributed by atoms with E-state index in [1.54, 1.807) is 6.92 Å². The predicted octanol–water partition coefficient (Wildman–Crippen LogP) is -0.0587. The first kappa shape index (κ1) is 11.6. The molecule has 0 radical (unpaired) electrons. The summed E-state index contributed by atoms with van der Waals surface area (Å²) in [5.74, 6) is -1.92. The zero-order chi connectivity index (χ0) is 10.3. The first-order chi connectivity index (χ1) is 6.02. The van der Waals surface area contributed by atoms with Gasteiger partial charge in [-0.3, -0.25) is 0 Å². The van der Waals surface area contributed by atoms with Gasteiger partial charge in [0.25, 0.3) is 0 Å². The number of esters is 1. The summed E-state index contributed by atoms with van der Waals surface area (Å²) in [5, 5.41) is 16.9. The van der Waals surface area contributed by atoms with Gasteiger partial charge in [0.05, 0.1) is 12.7 Å². The van der Waals surface area contributed by atoms with E-state index < -0.39 is 18.0 Å². The van der Waals surface area contributed by atoms with E-state index in [2.05, 4.69) is 4.74 Å². The molecular weight excluding hydrogens is 176 g/mol. The predicted molar refractivity (Wildman–Crippen MR) is 44.0 cm³/mol. The number of carbonyl (C=O) groups is 2. The highest BCUT2D eigenvalue weighted by Gasteiger charge is 2.00. The van der Waals surface area contributed by atoms with Crippen molar-refractivity contribution in [2.45, 2.75) is 19.4 Å². The summed E-state index contributed by atoms with van der Waals surface area (Å²) in [7, 11) is 0. The minimum atomic E-state index is -1.20. The number of hydrogen-bond acceptors (Lipinski definition) is 4. The number of aliphatic hydroxyl groups excluding tert-OH is 1. The molecule has 0 rings (SSSR count). The van der Waals surface area contributed by atoms with E-state index in [0.717, 1.165) is 6.08 Å². The average molecular weight is 188 g/mol. The van der Waals surface area contributed by atoms with E-state index in [0.29, 0.717) is 12.5 Å². The van der Waals surface area contributed by atoms with Crippen LogP contribution >= 0.6 is 0 Å². The Balaban J connectivity index is 3.58. The van der Waals surface area contributed by atoms with E-state index in [-0.39, 0.29) is 6.61 Å². The first-order valence-corrected chi connectivity index (χ1v) is 3.78. The monoisotopic (exact) mass is 188 g/mol. The van der Waals surface area contributed by atoms with Gasteiger partial charge < -0.3 is 14.9 Å². The van der Waals surface area contributed by atoms with Gasteiger partial charge in [0.2, 0.25) is 0 Å². The van der Waals surface area contributed by atoms with Gasteiger partial charge >= 0.3 is 11.9 Å². The fourth-order valence-electron chi connectivity index (χ4n) is 0.518. The van der Waals surface area contributed by atoms with Crippen LogP contribution in [0.1, 0.15) is 13.3 Å². The molecule has 2 N–H and O–H groups in total. The Morgan fingerprint density at radius 3 is 2.54 bits per heavy atom. The number of aliphatic hydroxyl groups is 1. The third-order valence-corrected chi connectivity index (χ3v) is 1.14. The van der Waals surface area contributed by atoms with Crippen LogP contribution in [0.3, 0.4) is 0 Å². The summed E-state index contributed by atoms with van der Waals surface area (Å²) < 4.78 is 4.55. The van der Waals surface area contributed by atoms with Crippen molar-refractivity contribution in [3.05, 3.63) is 12.2 Å². The number of carboxylic acids is 1. The van der Waals surface area contributed by atoms with Crippen LogP contribution in [0, 0.1) is 0 Å². The van der Waals surface area contributed by atoms with Crippen molar-refractivity contribution >= 4 is 11.9 Å². The molecule has 0 aliphatic rings. The van der Waals surface area contributed by atoms with E-state index in [1.165, 1.54) is 0 Å². The van der Waals surface area contributed by atoms with Crippen LogP contribution in [0.15, 0.2) is 12.2 Å². The topological polar surface area (TPSA) is 83.8 Å². The molecule has 0 amide bonds. The van der Waals surface area contributed by atoms with Gasteiger partial charge in [-0.05, 0) is 6.92 Å². The highest BCUT2D eigenvalue weighted by molar-refractivity contribution is 5.90. The Bertz CT molecular complexity index is 207. The second kappa shape index (κ2) is 6.19. The third-order valence-electron chi connectivity index (χ3n) is 1.14. The largest absolute Gasteiger partial charge is 0.478 e. The minimum absolute atomic E-state index is 0.0838. The Morgan fingerprint density at radius 2 is 2.08 bits per heavy atom. The lowest BCUT2D eigenvalue weighted by Crippen LogP contribution is -2.09. The highest BCUT2D eigenvalue weighted by atomic mass is 16.5. The van der Waals surface area contributed by atoms with Gasteiger partial charge in [-0.15, -0.1) is 0 Å². The molecule has 0 spiro atoms. The summed E-state index contributed by atoms with van der Waals surface area (Å²) in [6.45, 7) is 1.65. The van der Waals surface area contributed by atoms with E-state index in [4.69, 9.17) is 10.2 Å². The standard InChI is InChI=1S/C8H12O5/c1-6(9)4-5-13-8(12)3-2-7(10)11/h2-3,6,9H,4-5H2,1H3,(H,10,11). The summed E-state index contributed by atoms with van der Waals surface area (Å²) in [5.41, 5.74) is 0. The Labute approximate surface area is 75.6 Å². The lowest BCUT2D eigenvalue weighted by molar-refractivity contribution is -0.139. The maximum Gasteiger partial charge on any atom is 0.331 e. The van der Waals surface area contributed by atoms with Gasteiger partial charge in [-0.2, -0.15) is 0 Å². The molecule has 74 valence electrons. The summed E-state index contributed by atoms with van der Waals surface area (Å²) >= 11 is 0. The number of aliphatic carboxylic acids is 1. The van der Waals surface area contributed by atoms with E-state index in [1.807, 2.05) is 0 Å². The minimum Gasteiger partial charge on any atom is -0.478 e. The normalized spacial score (nSPS) is 12.8. The van der Waals surface area contributed by atoms with Crippen LogP contribution in [0.25, 0.3) is 0 Å². The molecule has 0 fully saturated rings. The van der Waals surface area contributed by atoms with Gasteiger partial charge in [0.15, 0.2) is 0 Å². The number of carboxylic acid groups (broad SMARTS) is 1. The summed E-state index contributed by atoms with van der Waals surface area (Å²) in [6, 6.07) is 0. The number of ether oxygens (including phenoxy) is 1. The van der Waals surface area contributed by atoms with Crippen LogP contribution in [0.5, 0.6) is 0 Å². The second-order valence-electron chi connectivity index (χ2n) is 2.48. The molecule has 5 nitrogen and oxygen atoms in total. The van der Waals surface area contributed by atoms with Crippen molar-refractivity contribution in [3.8, 4) is 0 Å². The van der Waals surface area contributed by atoms with Crippen LogP contribution in [0.4, 0.5) is 0 Å². The van der Waals surface area contributed by atoms with Crippen molar-refractivity contribution in [2.24, 2.45) is 0 Å². The molecule has 0 bridgehead atoms. The molecule has 0 heterocycles. The van der Waals surface area contributed by atoms with Gasteiger partial charge in [0.1, 0.15) is 0 Å². The molecule has 0 saturated heterocycles. The van der Waals surface area contributed by atoms with Gasteiger partial charge in [-0.1, -0.05) is 0 Å². The zero-order valence-electron chi connectivity index (χ0n) is 7.27. The van der Waals surface area contributed by atoms with Gasteiger partial charge in [0, 0.05) is 18.6 Å². The lowest BCUT2D eigenvalue weighted by Gasteiger charge is -2.03. The first-order valence-electron chi connectivity index (χ1n) is 3.78. The maximum atomic E-state index is 10.7. The molecule has 0 aromatic heterocycles. The SMILES string of the molecule is CC(O)CCOC(=O)C=CC(=O)O. The molecule has 13 heavy (non-hydrogen) atoms. The quantitative estimate of drug-likeness (QED) is 0.466. The molecule has 1 atom stereocenters. The van der Waals surface area contributed by atoms with Crippen LogP contribution in [0.2, 0.25) is 0 Å². The number of carbonyl (C=O) groups excluding carboxylic acids is 1. The Morgan fingerprint density at radius 1 is 1.46 bits per heavy atom. The van der Waals surface area contributed by atoms with Crippen LogP contribution in [-0.4, -0.2) is 34.9 Å². The molecule has 0 aliphatic heterocycles. The molecule has 0 aromatic carbocycles. The molecular formula is C8H12O5. The lowest BCUT2D eigenvalue weighted by atomic mass is 10.3. The fourth-order valence-corrected chi connectivity index (χ4v) is 0.518. The van der Waals surface area contributed by atoms with Crippen molar-refractivity contribution in [1.29, 1.82) is 0 Å². The highest BCUT2D eigenvalue weighted by Crippen LogP contribution is 1.91. The van der Waals surface area contributed by atoms with Crippen molar-refractivity contribution in [1.82, 2.24) is 0 Å². The summed E-state index contributed by atoms with van der Waals surface area (Å²) in [6.07, 6.45) is 1.33. The number of hydrogen-bond donors (Lipinski definition) is 2. The molecule has 5 heteroatoms. The molecule has 1 unspecified atom stereocenters. The van der Waals surface area contributed by atoms with Crippen molar-refractivity contribution in [3.63, 3.8) is 0 Å². The smallest absolute Gasteiger partial charge is 0.331 e. The van der Waals surface area contributed by atoms with Crippen LogP contribution < -0.4 is 0 Å². The Hall–Kier alpha value is -1.36. The summed E-state index contributed by atoms with van der Waals surface area (Å²) in [4.78, 5) is 20.6. The van der Waals surface area contributed by atoms with Gasteiger partial charge in [-0.25, -0.2) is 9.59 Å².